The Morgan fingerprint density at radius 3 is 2.52 bits per heavy atom. The second kappa shape index (κ2) is 11.1. The zero-order chi connectivity index (χ0) is 19.5. The predicted molar refractivity (Wildman–Crippen MR) is 110 cm³/mol. The van der Waals surface area contributed by atoms with Crippen LogP contribution in [0.3, 0.4) is 0 Å². The number of anilines is 1. The van der Waals surface area contributed by atoms with Crippen molar-refractivity contribution in [2.75, 3.05) is 32.1 Å². The quantitative estimate of drug-likeness (QED) is 0.577. The highest BCUT2D eigenvalue weighted by Crippen LogP contribution is 2.28. The number of para-hydroxylation sites is 1. The van der Waals surface area contributed by atoms with Crippen molar-refractivity contribution in [2.24, 2.45) is 5.92 Å². The summed E-state index contributed by atoms with van der Waals surface area (Å²) in [7, 11) is 1.58. The molecule has 2 N–H and O–H groups in total. The second-order valence-electron chi connectivity index (χ2n) is 6.80. The second-order valence-corrected chi connectivity index (χ2v) is 6.80. The highest BCUT2D eigenvalue weighted by atomic mass is 16.5. The molecule has 0 heterocycles. The average molecular weight is 370 g/mol. The molecule has 0 bridgehead atoms. The Kier molecular flexibility index (Phi) is 8.49. The van der Waals surface area contributed by atoms with Gasteiger partial charge in [0.05, 0.1) is 13.7 Å². The summed E-state index contributed by atoms with van der Waals surface area (Å²) in [5, 5.41) is 6.26. The highest BCUT2D eigenvalue weighted by Gasteiger charge is 2.11. The van der Waals surface area contributed by atoms with Gasteiger partial charge in [0.15, 0.2) is 11.5 Å². The van der Waals surface area contributed by atoms with Gasteiger partial charge in [0.2, 0.25) is 0 Å². The third kappa shape index (κ3) is 7.21. The molecule has 0 spiro atoms. The molecule has 0 saturated heterocycles. The third-order valence-corrected chi connectivity index (χ3v) is 4.12. The summed E-state index contributed by atoms with van der Waals surface area (Å²) >= 11 is 0. The van der Waals surface area contributed by atoms with Gasteiger partial charge in [-0.05, 0) is 49.1 Å². The molecule has 5 nitrogen and oxygen atoms in total. The van der Waals surface area contributed by atoms with Crippen molar-refractivity contribution in [1.82, 2.24) is 5.32 Å². The van der Waals surface area contributed by atoms with Crippen LogP contribution in [0, 0.1) is 5.92 Å². The minimum Gasteiger partial charge on any atom is -0.493 e. The molecule has 0 radical (unpaired) electrons. The molecule has 1 amide bonds. The standard InChI is InChI=1S/C22H30N2O3/c1-17(2)12-15-27-20-11-10-18(16-21(20)26-3)22(25)24-14-7-13-23-19-8-5-4-6-9-19/h4-6,8-11,16-17,23H,7,12-15H2,1-3H3,(H,24,25). The first-order valence-electron chi connectivity index (χ1n) is 9.48. The monoisotopic (exact) mass is 370 g/mol. The summed E-state index contributed by atoms with van der Waals surface area (Å²) in [4.78, 5) is 12.3. The number of methoxy groups -OCH3 is 1. The molecule has 0 atom stereocenters. The van der Waals surface area contributed by atoms with Crippen molar-refractivity contribution in [3.63, 3.8) is 0 Å². The van der Waals surface area contributed by atoms with E-state index in [0.29, 0.717) is 36.1 Å². The molecular weight excluding hydrogens is 340 g/mol. The molecule has 146 valence electrons. The molecule has 0 aliphatic heterocycles. The maximum Gasteiger partial charge on any atom is 0.251 e. The van der Waals surface area contributed by atoms with Crippen LogP contribution < -0.4 is 20.1 Å². The van der Waals surface area contributed by atoms with Gasteiger partial charge in [0.25, 0.3) is 5.91 Å². The van der Waals surface area contributed by atoms with E-state index in [1.165, 1.54) is 0 Å². The first-order chi connectivity index (χ1) is 13.1. The Morgan fingerprint density at radius 2 is 1.81 bits per heavy atom. The molecule has 2 rings (SSSR count). The van der Waals surface area contributed by atoms with Gasteiger partial charge >= 0.3 is 0 Å². The van der Waals surface area contributed by atoms with Gasteiger partial charge in [-0.2, -0.15) is 0 Å². The number of carbonyl (C=O) groups excluding carboxylic acids is 1. The van der Waals surface area contributed by atoms with Gasteiger partial charge < -0.3 is 20.1 Å². The van der Waals surface area contributed by atoms with Gasteiger partial charge in [-0.25, -0.2) is 0 Å². The molecule has 0 unspecified atom stereocenters. The number of nitrogens with one attached hydrogen (secondary N) is 2. The number of ether oxygens (including phenoxy) is 2. The van der Waals surface area contributed by atoms with E-state index in [9.17, 15) is 4.79 Å². The Labute approximate surface area is 162 Å². The molecule has 5 heteroatoms. The van der Waals surface area contributed by atoms with Crippen LogP contribution in [0.25, 0.3) is 0 Å². The van der Waals surface area contributed by atoms with Crippen LogP contribution in [-0.2, 0) is 0 Å². The number of amides is 1. The Balaban J connectivity index is 1.77. The van der Waals surface area contributed by atoms with Gasteiger partial charge in [0.1, 0.15) is 0 Å². The maximum atomic E-state index is 12.3. The molecule has 27 heavy (non-hydrogen) atoms. The average Bonchev–Trinajstić information content (AvgIpc) is 2.68. The van der Waals surface area contributed by atoms with Crippen LogP contribution in [0.1, 0.15) is 37.0 Å². The normalized spacial score (nSPS) is 10.5. The third-order valence-electron chi connectivity index (χ3n) is 4.12. The molecule has 0 aliphatic rings. The number of hydrogen-bond donors (Lipinski definition) is 2. The van der Waals surface area contributed by atoms with Crippen LogP contribution in [0.15, 0.2) is 48.5 Å². The summed E-state index contributed by atoms with van der Waals surface area (Å²) in [6.45, 7) is 6.35. The Hall–Kier alpha value is -2.69. The molecule has 0 aliphatic carbocycles. The van der Waals surface area contributed by atoms with Crippen molar-refractivity contribution in [3.8, 4) is 11.5 Å². The van der Waals surface area contributed by atoms with Crippen LogP contribution in [-0.4, -0.2) is 32.7 Å². The van der Waals surface area contributed by atoms with Crippen molar-refractivity contribution >= 4 is 11.6 Å². The smallest absolute Gasteiger partial charge is 0.251 e. The Bertz CT molecular complexity index is 702. The van der Waals surface area contributed by atoms with Gasteiger partial charge in [-0.15, -0.1) is 0 Å². The van der Waals surface area contributed by atoms with Crippen LogP contribution >= 0.6 is 0 Å². The van der Waals surface area contributed by atoms with E-state index in [4.69, 9.17) is 9.47 Å². The first kappa shape index (κ1) is 20.6. The van der Waals surface area contributed by atoms with Crippen molar-refractivity contribution in [2.45, 2.75) is 26.7 Å². The fraction of sp³-hybridized carbons (Fsp3) is 0.409. The Morgan fingerprint density at radius 1 is 1.04 bits per heavy atom. The summed E-state index contributed by atoms with van der Waals surface area (Å²) in [5.74, 6) is 1.72. The van der Waals surface area contributed by atoms with Crippen LogP contribution in [0.4, 0.5) is 5.69 Å². The van der Waals surface area contributed by atoms with E-state index in [-0.39, 0.29) is 5.91 Å². The fourth-order valence-electron chi connectivity index (χ4n) is 2.51. The molecule has 2 aromatic rings. The van der Waals surface area contributed by atoms with E-state index in [1.807, 2.05) is 30.3 Å². The zero-order valence-electron chi connectivity index (χ0n) is 16.5. The lowest BCUT2D eigenvalue weighted by molar-refractivity contribution is 0.0953. The van der Waals surface area contributed by atoms with Crippen molar-refractivity contribution < 1.29 is 14.3 Å². The topological polar surface area (TPSA) is 59.6 Å². The molecule has 0 fully saturated rings. The summed E-state index contributed by atoms with van der Waals surface area (Å²) in [6.07, 6.45) is 1.82. The number of carbonyl (C=O) groups is 1. The minimum atomic E-state index is -0.109. The van der Waals surface area contributed by atoms with Crippen molar-refractivity contribution in [3.05, 3.63) is 54.1 Å². The number of benzene rings is 2. The minimum absolute atomic E-state index is 0.109. The molecule has 0 saturated carbocycles. The lowest BCUT2D eigenvalue weighted by atomic mass is 10.1. The largest absolute Gasteiger partial charge is 0.493 e. The highest BCUT2D eigenvalue weighted by molar-refractivity contribution is 5.94. The van der Waals surface area contributed by atoms with Crippen LogP contribution in [0.2, 0.25) is 0 Å². The number of rotatable bonds is 11. The predicted octanol–water partition coefficient (Wildman–Crippen LogP) is 4.35. The molecule has 0 aromatic heterocycles. The molecular formula is C22H30N2O3. The van der Waals surface area contributed by atoms with E-state index in [1.54, 1.807) is 25.3 Å². The summed E-state index contributed by atoms with van der Waals surface area (Å²) in [6, 6.07) is 15.3. The van der Waals surface area contributed by atoms with Gasteiger partial charge in [0, 0.05) is 24.3 Å². The van der Waals surface area contributed by atoms with Crippen molar-refractivity contribution in [1.29, 1.82) is 0 Å². The maximum absolute atomic E-state index is 12.3. The lowest BCUT2D eigenvalue weighted by Crippen LogP contribution is -2.25. The molecule has 2 aromatic carbocycles. The first-order valence-corrected chi connectivity index (χ1v) is 9.48. The number of hydrogen-bond acceptors (Lipinski definition) is 4. The lowest BCUT2D eigenvalue weighted by Gasteiger charge is -2.13. The fourth-order valence-corrected chi connectivity index (χ4v) is 2.51. The summed E-state index contributed by atoms with van der Waals surface area (Å²) in [5.41, 5.74) is 1.65. The van der Waals surface area contributed by atoms with E-state index in [0.717, 1.165) is 25.1 Å². The van der Waals surface area contributed by atoms with E-state index < -0.39 is 0 Å². The van der Waals surface area contributed by atoms with Gasteiger partial charge in [-0.1, -0.05) is 32.0 Å². The SMILES string of the molecule is COc1cc(C(=O)NCCCNc2ccccc2)ccc1OCCC(C)C. The van der Waals surface area contributed by atoms with E-state index >= 15 is 0 Å². The zero-order valence-corrected chi connectivity index (χ0v) is 16.5. The van der Waals surface area contributed by atoms with Gasteiger partial charge in [-0.3, -0.25) is 4.79 Å². The van der Waals surface area contributed by atoms with E-state index in [2.05, 4.69) is 24.5 Å². The summed E-state index contributed by atoms with van der Waals surface area (Å²) < 4.78 is 11.1. The van der Waals surface area contributed by atoms with Crippen LogP contribution in [0.5, 0.6) is 11.5 Å².